The Hall–Kier alpha value is -2.49. The molecule has 1 aromatic rings. The van der Waals surface area contributed by atoms with Crippen LogP contribution in [0, 0.1) is 5.92 Å². The van der Waals surface area contributed by atoms with Crippen molar-refractivity contribution in [3.63, 3.8) is 0 Å². The van der Waals surface area contributed by atoms with E-state index >= 15 is 0 Å². The van der Waals surface area contributed by atoms with E-state index in [-0.39, 0.29) is 36.7 Å². The predicted octanol–water partition coefficient (Wildman–Crippen LogP) is 0.869. The summed E-state index contributed by atoms with van der Waals surface area (Å²) in [6.45, 7) is 11.6. The lowest BCUT2D eigenvalue weighted by molar-refractivity contribution is -0.138. The summed E-state index contributed by atoms with van der Waals surface area (Å²) in [7, 11) is 0. The topological polar surface area (TPSA) is 108 Å². The molecule has 2 amide bonds. The second-order valence-corrected chi connectivity index (χ2v) is 10.4. The number of ketones is 1. The number of amides is 2. The van der Waals surface area contributed by atoms with Crippen LogP contribution in [0.4, 0.5) is 5.69 Å². The van der Waals surface area contributed by atoms with Gasteiger partial charge in [-0.3, -0.25) is 19.3 Å². The van der Waals surface area contributed by atoms with Gasteiger partial charge in [0.25, 0.3) is 5.91 Å². The average Bonchev–Trinajstić information content (AvgIpc) is 3.39. The summed E-state index contributed by atoms with van der Waals surface area (Å²) in [6.07, 6.45) is 1.18. The van der Waals surface area contributed by atoms with E-state index in [1.165, 1.54) is 11.3 Å². The van der Waals surface area contributed by atoms with E-state index in [9.17, 15) is 14.4 Å². The molecular formula is C26H39N5O4. The highest BCUT2D eigenvalue weighted by molar-refractivity contribution is 5.99. The van der Waals surface area contributed by atoms with E-state index in [0.717, 1.165) is 38.4 Å². The Labute approximate surface area is 207 Å². The number of anilines is 1. The molecule has 3 aliphatic rings. The molecular weight excluding hydrogens is 446 g/mol. The van der Waals surface area contributed by atoms with Gasteiger partial charge in [0.2, 0.25) is 5.91 Å². The highest BCUT2D eigenvalue weighted by Gasteiger charge is 2.52. The zero-order valence-electron chi connectivity index (χ0n) is 21.1. The van der Waals surface area contributed by atoms with Crippen molar-refractivity contribution >= 4 is 23.3 Å². The lowest BCUT2D eigenvalue weighted by Crippen LogP contribution is -2.52. The van der Waals surface area contributed by atoms with Crippen molar-refractivity contribution in [3.05, 3.63) is 29.8 Å². The van der Waals surface area contributed by atoms with E-state index in [4.69, 9.17) is 10.5 Å². The van der Waals surface area contributed by atoms with Crippen LogP contribution in [0.2, 0.25) is 0 Å². The van der Waals surface area contributed by atoms with Gasteiger partial charge in [0.1, 0.15) is 24.8 Å². The predicted molar refractivity (Wildman–Crippen MR) is 134 cm³/mol. The Morgan fingerprint density at radius 3 is 2.46 bits per heavy atom. The van der Waals surface area contributed by atoms with Crippen molar-refractivity contribution in [2.45, 2.75) is 57.8 Å². The highest BCUT2D eigenvalue weighted by Crippen LogP contribution is 2.28. The second-order valence-electron chi connectivity index (χ2n) is 10.4. The van der Waals surface area contributed by atoms with Gasteiger partial charge in [0.05, 0.1) is 6.04 Å². The molecule has 0 spiro atoms. The van der Waals surface area contributed by atoms with Gasteiger partial charge in [-0.2, -0.15) is 0 Å². The number of benzene rings is 1. The third-order valence-electron chi connectivity index (χ3n) is 7.22. The number of carbonyl (C=O) groups is 3. The molecule has 1 aromatic carbocycles. The van der Waals surface area contributed by atoms with Gasteiger partial charge < -0.3 is 25.6 Å². The number of fused-ring (bicyclic) bond motifs is 1. The number of piperazine rings is 1. The van der Waals surface area contributed by atoms with Crippen LogP contribution in [0.15, 0.2) is 24.3 Å². The summed E-state index contributed by atoms with van der Waals surface area (Å²) >= 11 is 0. The third kappa shape index (κ3) is 5.68. The van der Waals surface area contributed by atoms with Gasteiger partial charge in [-0.05, 0) is 49.6 Å². The van der Waals surface area contributed by atoms with Crippen LogP contribution < -0.4 is 16.0 Å². The van der Waals surface area contributed by atoms with Crippen LogP contribution in [0.3, 0.4) is 0 Å². The van der Waals surface area contributed by atoms with Gasteiger partial charge in [-0.25, -0.2) is 0 Å². The number of Topliss-reactive ketones (excluding diaryl/α,β-unsaturated/α-hetero) is 1. The summed E-state index contributed by atoms with van der Waals surface area (Å²) in [6, 6.07) is 5.80. The van der Waals surface area contributed by atoms with E-state index < -0.39 is 24.2 Å². The fourth-order valence-electron chi connectivity index (χ4n) is 5.42. The van der Waals surface area contributed by atoms with E-state index in [1.54, 1.807) is 0 Å². The highest BCUT2D eigenvalue weighted by atomic mass is 16.5. The van der Waals surface area contributed by atoms with Crippen molar-refractivity contribution in [2.24, 2.45) is 11.7 Å². The number of hydrogen-bond acceptors (Lipinski definition) is 7. The minimum Gasteiger partial charge on any atom is -0.369 e. The summed E-state index contributed by atoms with van der Waals surface area (Å²) in [5, 5.41) is 2.93. The summed E-state index contributed by atoms with van der Waals surface area (Å²) in [5.41, 5.74) is 7.75. The largest absolute Gasteiger partial charge is 0.369 e. The molecule has 0 bridgehead atoms. The van der Waals surface area contributed by atoms with Crippen molar-refractivity contribution in [1.29, 1.82) is 0 Å². The van der Waals surface area contributed by atoms with Gasteiger partial charge in [0.15, 0.2) is 5.78 Å². The molecule has 192 valence electrons. The van der Waals surface area contributed by atoms with Crippen LogP contribution in [0.1, 0.15) is 44.0 Å². The van der Waals surface area contributed by atoms with Crippen LogP contribution in [0.25, 0.3) is 0 Å². The zero-order chi connectivity index (χ0) is 25.1. The Morgan fingerprint density at radius 1 is 1.14 bits per heavy atom. The Kier molecular flexibility index (Phi) is 8.09. The molecule has 0 aromatic heterocycles. The SMILES string of the molecule is CCCN1CCN(c2ccc(C(=O)N[C@@H](CC(C)C)C(=O)N3C[C@H](N)[C@H]4OCC(=O)[C@H]43)cc2)CC1. The fourth-order valence-corrected chi connectivity index (χ4v) is 5.42. The molecule has 9 nitrogen and oxygen atoms in total. The molecule has 3 saturated heterocycles. The standard InChI is InChI=1S/C26H39N5O4/c1-4-9-29-10-12-30(13-11-29)19-7-5-18(6-8-19)25(33)28-21(14-17(2)3)26(34)31-15-20(27)24-23(31)22(32)16-35-24/h5-8,17,20-21,23-24H,4,9-16,27H2,1-3H3,(H,28,33)/t20-,21-,23+,24+/m0/s1. The first kappa shape index (κ1) is 25.6. The van der Waals surface area contributed by atoms with Gasteiger partial charge in [-0.15, -0.1) is 0 Å². The molecule has 0 saturated carbocycles. The van der Waals surface area contributed by atoms with Crippen molar-refractivity contribution in [1.82, 2.24) is 15.1 Å². The molecule has 35 heavy (non-hydrogen) atoms. The molecule has 0 aliphatic carbocycles. The number of nitrogens with one attached hydrogen (secondary N) is 1. The number of rotatable bonds is 8. The Balaban J connectivity index is 1.40. The molecule has 3 aliphatic heterocycles. The maximum Gasteiger partial charge on any atom is 0.251 e. The molecule has 0 unspecified atom stereocenters. The first-order chi connectivity index (χ1) is 16.8. The molecule has 3 heterocycles. The summed E-state index contributed by atoms with van der Waals surface area (Å²) in [4.78, 5) is 45.2. The van der Waals surface area contributed by atoms with Crippen molar-refractivity contribution in [2.75, 3.05) is 50.8 Å². The maximum absolute atomic E-state index is 13.5. The second kappa shape index (κ2) is 11.1. The number of nitrogens with two attached hydrogens (primary N) is 1. The minimum absolute atomic E-state index is 0.0198. The van der Waals surface area contributed by atoms with Crippen LogP contribution >= 0.6 is 0 Å². The van der Waals surface area contributed by atoms with Crippen LogP contribution in [-0.2, 0) is 14.3 Å². The Bertz CT molecular complexity index is 913. The van der Waals surface area contributed by atoms with E-state index in [0.29, 0.717) is 12.0 Å². The lowest BCUT2D eigenvalue weighted by atomic mass is 10.0. The molecule has 4 atom stereocenters. The maximum atomic E-state index is 13.5. The monoisotopic (exact) mass is 485 g/mol. The smallest absolute Gasteiger partial charge is 0.251 e. The first-order valence-electron chi connectivity index (χ1n) is 12.9. The zero-order valence-corrected chi connectivity index (χ0v) is 21.1. The molecule has 0 radical (unpaired) electrons. The molecule has 4 rings (SSSR count). The summed E-state index contributed by atoms with van der Waals surface area (Å²) < 4.78 is 5.51. The van der Waals surface area contributed by atoms with Gasteiger partial charge in [0, 0.05) is 44.0 Å². The molecule has 9 heteroatoms. The van der Waals surface area contributed by atoms with Crippen molar-refractivity contribution in [3.8, 4) is 0 Å². The number of nitrogens with zero attached hydrogens (tertiary/aromatic N) is 3. The lowest BCUT2D eigenvalue weighted by Gasteiger charge is -2.36. The number of ether oxygens (including phenoxy) is 1. The first-order valence-corrected chi connectivity index (χ1v) is 12.9. The molecule has 3 fully saturated rings. The van der Waals surface area contributed by atoms with Crippen molar-refractivity contribution < 1.29 is 19.1 Å². The average molecular weight is 486 g/mol. The quantitative estimate of drug-likeness (QED) is 0.562. The van der Waals surface area contributed by atoms with Gasteiger partial charge >= 0.3 is 0 Å². The molecule has 3 N–H and O–H groups in total. The third-order valence-corrected chi connectivity index (χ3v) is 7.22. The number of likely N-dealkylation sites (tertiary alicyclic amines) is 1. The van der Waals surface area contributed by atoms with E-state index in [1.807, 2.05) is 38.1 Å². The normalized spacial score (nSPS) is 25.7. The Morgan fingerprint density at radius 2 is 1.83 bits per heavy atom. The summed E-state index contributed by atoms with van der Waals surface area (Å²) in [5.74, 6) is -0.509. The fraction of sp³-hybridized carbons (Fsp3) is 0.654. The van der Waals surface area contributed by atoms with Crippen LogP contribution in [0.5, 0.6) is 0 Å². The number of hydrogen-bond donors (Lipinski definition) is 2. The van der Waals surface area contributed by atoms with Gasteiger partial charge in [-0.1, -0.05) is 20.8 Å². The van der Waals surface area contributed by atoms with E-state index in [2.05, 4.69) is 22.0 Å². The number of carbonyl (C=O) groups excluding carboxylic acids is 3. The minimum atomic E-state index is -0.729. The van der Waals surface area contributed by atoms with Crippen LogP contribution in [-0.4, -0.2) is 97.5 Å².